The molecule has 0 aromatic carbocycles. The lowest BCUT2D eigenvalue weighted by atomic mass is 10.0. The van der Waals surface area contributed by atoms with Crippen LogP contribution in [0.25, 0.3) is 0 Å². The standard InChI is InChI=1S/C73H143N2O7P/c1-7-10-13-16-19-22-25-27-29-31-33-35-37-39-41-43-45-47-50-53-56-59-62-65-72(76)74-70(69-81-83(78,79)80-68-67-75(4,5)6)71(64-61-58-55-52-49-24-21-18-15-12-9-3)82-73(77)66-63-60-57-54-51-48-46-44-42-40-38-36-34-32-30-28-26-23-20-17-14-11-8-2/h27,29,61,64,70-71H,7-26,28,30-60,62-63,65-69H2,1-6H3,(H-,74,76,78,79)/b29-27+,64-61+. The van der Waals surface area contributed by atoms with E-state index in [1.54, 1.807) is 0 Å². The summed E-state index contributed by atoms with van der Waals surface area (Å²) in [5, 5.41) is 3.05. The molecule has 1 N–H and O–H groups in total. The van der Waals surface area contributed by atoms with E-state index >= 15 is 0 Å². The molecule has 3 unspecified atom stereocenters. The number of esters is 1. The Kier molecular flexibility index (Phi) is 62.4. The van der Waals surface area contributed by atoms with Gasteiger partial charge in [0.2, 0.25) is 5.91 Å². The van der Waals surface area contributed by atoms with Crippen LogP contribution in [0.3, 0.4) is 0 Å². The van der Waals surface area contributed by atoms with Crippen LogP contribution in [0, 0.1) is 0 Å². The Morgan fingerprint density at radius 3 is 1.02 bits per heavy atom. The fourth-order valence-electron chi connectivity index (χ4n) is 11.2. The second-order valence-corrected chi connectivity index (χ2v) is 27.9. The maximum atomic E-state index is 13.6. The van der Waals surface area contributed by atoms with E-state index in [0.29, 0.717) is 17.4 Å². The van der Waals surface area contributed by atoms with Gasteiger partial charge in [-0.3, -0.25) is 14.2 Å². The summed E-state index contributed by atoms with van der Waals surface area (Å²) in [5.74, 6) is -0.518. The summed E-state index contributed by atoms with van der Waals surface area (Å²) < 4.78 is 30.5. The Hall–Kier alpha value is -1.51. The molecule has 0 saturated carbocycles. The van der Waals surface area contributed by atoms with Gasteiger partial charge in [0.1, 0.15) is 19.3 Å². The normalized spacial score (nSPS) is 13.6. The zero-order valence-electron chi connectivity index (χ0n) is 56.4. The number of hydrogen-bond donors (Lipinski definition) is 1. The monoisotopic (exact) mass is 1190 g/mol. The predicted molar refractivity (Wildman–Crippen MR) is 358 cm³/mol. The molecular formula is C73H143N2O7P. The number of unbranched alkanes of at least 4 members (excludes halogenated alkanes) is 50. The van der Waals surface area contributed by atoms with Gasteiger partial charge in [0.25, 0.3) is 7.82 Å². The van der Waals surface area contributed by atoms with Gasteiger partial charge in [-0.05, 0) is 57.4 Å². The number of carbonyl (C=O) groups is 2. The van der Waals surface area contributed by atoms with Crippen LogP contribution in [0.1, 0.15) is 380 Å². The first-order valence-electron chi connectivity index (χ1n) is 36.6. The molecule has 0 spiro atoms. The number of ether oxygens (including phenoxy) is 1. The quantitative estimate of drug-likeness (QED) is 0.0212. The fraction of sp³-hybridized carbons (Fsp3) is 0.918. The van der Waals surface area contributed by atoms with E-state index in [4.69, 9.17) is 13.8 Å². The number of nitrogens with zero attached hydrogens (tertiary/aromatic N) is 1. The summed E-state index contributed by atoms with van der Waals surface area (Å²) >= 11 is 0. The molecule has 0 saturated heterocycles. The highest BCUT2D eigenvalue weighted by atomic mass is 31.2. The Bertz CT molecular complexity index is 1470. The van der Waals surface area contributed by atoms with Crippen molar-refractivity contribution in [3.8, 4) is 0 Å². The molecule has 83 heavy (non-hydrogen) atoms. The van der Waals surface area contributed by atoms with Crippen molar-refractivity contribution in [1.82, 2.24) is 5.32 Å². The molecule has 0 bridgehead atoms. The highest BCUT2D eigenvalue weighted by Gasteiger charge is 2.27. The number of phosphoric acid groups is 1. The number of allylic oxidation sites excluding steroid dienone is 3. The summed E-state index contributed by atoms with van der Waals surface area (Å²) in [7, 11) is 1.21. The van der Waals surface area contributed by atoms with Crippen LogP contribution in [0.5, 0.6) is 0 Å². The van der Waals surface area contributed by atoms with Gasteiger partial charge in [0, 0.05) is 12.8 Å². The minimum Gasteiger partial charge on any atom is -0.756 e. The van der Waals surface area contributed by atoms with E-state index in [1.165, 1.54) is 289 Å². The van der Waals surface area contributed by atoms with E-state index in [2.05, 4.69) is 38.2 Å². The van der Waals surface area contributed by atoms with Crippen molar-refractivity contribution < 1.29 is 37.3 Å². The predicted octanol–water partition coefficient (Wildman–Crippen LogP) is 22.6. The highest BCUT2D eigenvalue weighted by molar-refractivity contribution is 7.45. The number of amides is 1. The molecular weight excluding hydrogens is 1050 g/mol. The van der Waals surface area contributed by atoms with Crippen molar-refractivity contribution in [2.24, 2.45) is 0 Å². The minimum atomic E-state index is -4.70. The summed E-state index contributed by atoms with van der Waals surface area (Å²) in [6, 6.07) is -0.883. The van der Waals surface area contributed by atoms with Crippen LogP contribution in [0.2, 0.25) is 0 Å². The van der Waals surface area contributed by atoms with Gasteiger partial charge in [-0.1, -0.05) is 334 Å². The third-order valence-electron chi connectivity index (χ3n) is 16.9. The SMILES string of the molecule is CCCCCCCC/C=C/CCCCCCCCCCCCCCCC(=O)NC(COP(=O)([O-])OCC[N+](C)(C)C)C(/C=C/CCCCCCCCCCC)OC(=O)CCCCCCCCCCCCCCCCCCCCCCCCC. The minimum absolute atomic E-state index is 0.0181. The van der Waals surface area contributed by atoms with E-state index in [-0.39, 0.29) is 31.5 Å². The Morgan fingerprint density at radius 1 is 0.410 bits per heavy atom. The van der Waals surface area contributed by atoms with Crippen LogP contribution in [-0.2, 0) is 27.9 Å². The molecule has 0 aliphatic rings. The molecule has 10 heteroatoms. The van der Waals surface area contributed by atoms with Gasteiger partial charge in [-0.25, -0.2) is 0 Å². The summed E-state index contributed by atoms with van der Waals surface area (Å²) in [6.07, 6.45) is 77.4. The molecule has 492 valence electrons. The Labute approximate surface area is 517 Å². The molecule has 0 aliphatic carbocycles. The number of nitrogens with one attached hydrogen (secondary N) is 1. The molecule has 0 radical (unpaired) electrons. The molecule has 0 rings (SSSR count). The number of quaternary nitrogens is 1. The van der Waals surface area contributed by atoms with Crippen LogP contribution >= 0.6 is 7.82 Å². The maximum Gasteiger partial charge on any atom is 0.306 e. The molecule has 0 fully saturated rings. The van der Waals surface area contributed by atoms with Crippen LogP contribution < -0.4 is 10.2 Å². The third-order valence-corrected chi connectivity index (χ3v) is 17.8. The van der Waals surface area contributed by atoms with Gasteiger partial charge in [-0.15, -0.1) is 0 Å². The van der Waals surface area contributed by atoms with E-state index in [0.717, 1.165) is 57.8 Å². The second-order valence-electron chi connectivity index (χ2n) is 26.5. The van der Waals surface area contributed by atoms with Gasteiger partial charge < -0.3 is 28.5 Å². The molecule has 0 heterocycles. The number of likely N-dealkylation sites (N-methyl/N-ethyl adjacent to an activating group) is 1. The molecule has 1 amide bonds. The first kappa shape index (κ1) is 81.5. The van der Waals surface area contributed by atoms with Crippen molar-refractivity contribution in [3.63, 3.8) is 0 Å². The fourth-order valence-corrected chi connectivity index (χ4v) is 12.0. The zero-order valence-corrected chi connectivity index (χ0v) is 57.3. The van der Waals surface area contributed by atoms with Gasteiger partial charge in [0.05, 0.1) is 33.8 Å². The first-order chi connectivity index (χ1) is 40.4. The molecule has 3 atom stereocenters. The van der Waals surface area contributed by atoms with E-state index in [1.807, 2.05) is 33.3 Å². The molecule has 9 nitrogen and oxygen atoms in total. The topological polar surface area (TPSA) is 114 Å². The van der Waals surface area contributed by atoms with E-state index in [9.17, 15) is 19.0 Å². The number of carbonyl (C=O) groups excluding carboxylic acids is 2. The van der Waals surface area contributed by atoms with Crippen molar-refractivity contribution in [2.75, 3.05) is 40.9 Å². The third kappa shape index (κ3) is 64.8. The zero-order chi connectivity index (χ0) is 60.7. The van der Waals surface area contributed by atoms with Gasteiger partial charge >= 0.3 is 5.97 Å². The molecule has 0 aromatic heterocycles. The highest BCUT2D eigenvalue weighted by Crippen LogP contribution is 2.38. The summed E-state index contributed by atoms with van der Waals surface area (Å²) in [6.45, 7) is 6.91. The average molecular weight is 1190 g/mol. The van der Waals surface area contributed by atoms with Crippen LogP contribution in [-0.4, -0.2) is 69.4 Å². The van der Waals surface area contributed by atoms with Crippen LogP contribution in [0.4, 0.5) is 0 Å². The summed E-state index contributed by atoms with van der Waals surface area (Å²) in [4.78, 5) is 40.2. The number of rotatable bonds is 68. The van der Waals surface area contributed by atoms with Crippen molar-refractivity contribution >= 4 is 19.7 Å². The summed E-state index contributed by atoms with van der Waals surface area (Å²) in [5.41, 5.74) is 0. The Balaban J connectivity index is 4.96. The van der Waals surface area contributed by atoms with Crippen molar-refractivity contribution in [3.05, 3.63) is 24.3 Å². The van der Waals surface area contributed by atoms with E-state index < -0.39 is 20.0 Å². The lowest BCUT2D eigenvalue weighted by molar-refractivity contribution is -0.870. The average Bonchev–Trinajstić information content (AvgIpc) is 3.51. The lowest BCUT2D eigenvalue weighted by Gasteiger charge is -2.30. The number of phosphoric ester groups is 1. The second kappa shape index (κ2) is 63.5. The first-order valence-corrected chi connectivity index (χ1v) is 38.1. The lowest BCUT2D eigenvalue weighted by Crippen LogP contribution is -2.47. The van der Waals surface area contributed by atoms with Crippen LogP contribution in [0.15, 0.2) is 24.3 Å². The van der Waals surface area contributed by atoms with Gasteiger partial charge in [-0.2, -0.15) is 0 Å². The molecule has 0 aromatic rings. The number of hydrogen-bond acceptors (Lipinski definition) is 7. The smallest absolute Gasteiger partial charge is 0.306 e. The van der Waals surface area contributed by atoms with Gasteiger partial charge in [0.15, 0.2) is 0 Å². The maximum absolute atomic E-state index is 13.6. The largest absolute Gasteiger partial charge is 0.756 e. The van der Waals surface area contributed by atoms with Crippen molar-refractivity contribution in [2.45, 2.75) is 392 Å². The molecule has 0 aliphatic heterocycles. The van der Waals surface area contributed by atoms with Crippen molar-refractivity contribution in [1.29, 1.82) is 0 Å². The Morgan fingerprint density at radius 2 is 0.699 bits per heavy atom.